The van der Waals surface area contributed by atoms with Gasteiger partial charge in [0.2, 0.25) is 0 Å². The minimum atomic E-state index is -4.19. The highest BCUT2D eigenvalue weighted by molar-refractivity contribution is 7.84. The van der Waals surface area contributed by atoms with Gasteiger partial charge in [0.15, 0.2) is 0 Å². The van der Waals surface area contributed by atoms with E-state index in [0.29, 0.717) is 0 Å². The fourth-order valence-corrected chi connectivity index (χ4v) is 1.20. The second kappa shape index (κ2) is 2.98. The number of pyridine rings is 1. The van der Waals surface area contributed by atoms with Crippen LogP contribution in [0.15, 0.2) is 24.4 Å². The van der Waals surface area contributed by atoms with E-state index in [9.17, 15) is 13.0 Å². The molecule has 0 saturated carbocycles. The zero-order chi connectivity index (χ0) is 8.32. The zero-order valence-electron chi connectivity index (χ0n) is 5.60. The molecule has 0 spiro atoms. The highest BCUT2D eigenvalue weighted by atomic mass is 32.2. The van der Waals surface area contributed by atoms with Crippen molar-refractivity contribution < 1.29 is 13.0 Å². The first kappa shape index (κ1) is 8.16. The lowest BCUT2D eigenvalue weighted by Gasteiger charge is -2.04. The van der Waals surface area contributed by atoms with E-state index in [0.717, 1.165) is 0 Å². The Morgan fingerprint density at radius 1 is 1.45 bits per heavy atom. The SMILES string of the molecule is O=S(=O)([O-])Cc1ccccn1. The summed E-state index contributed by atoms with van der Waals surface area (Å²) in [6, 6.07) is 4.78. The summed E-state index contributed by atoms with van der Waals surface area (Å²) in [6.07, 6.45) is 1.44. The van der Waals surface area contributed by atoms with Crippen LogP contribution in [0.4, 0.5) is 0 Å². The molecule has 60 valence electrons. The van der Waals surface area contributed by atoms with Crippen molar-refractivity contribution in [3.05, 3.63) is 30.1 Å². The van der Waals surface area contributed by atoms with E-state index in [1.807, 2.05) is 0 Å². The van der Waals surface area contributed by atoms with Crippen LogP contribution in [-0.4, -0.2) is 18.0 Å². The Labute approximate surface area is 64.6 Å². The number of hydrogen-bond donors (Lipinski definition) is 0. The minimum Gasteiger partial charge on any atom is -0.748 e. The van der Waals surface area contributed by atoms with Crippen molar-refractivity contribution >= 4 is 10.1 Å². The summed E-state index contributed by atoms with van der Waals surface area (Å²) in [4.78, 5) is 3.68. The maximum atomic E-state index is 10.2. The first-order chi connectivity index (χ1) is 5.08. The molecule has 0 amide bonds. The van der Waals surface area contributed by atoms with Gasteiger partial charge in [-0.1, -0.05) is 6.07 Å². The van der Waals surface area contributed by atoms with Crippen molar-refractivity contribution in [3.63, 3.8) is 0 Å². The third-order valence-corrected chi connectivity index (χ3v) is 1.70. The van der Waals surface area contributed by atoms with Crippen LogP contribution < -0.4 is 0 Å². The van der Waals surface area contributed by atoms with Gasteiger partial charge >= 0.3 is 0 Å². The molecule has 11 heavy (non-hydrogen) atoms. The molecule has 0 radical (unpaired) electrons. The third kappa shape index (κ3) is 3.10. The molecule has 0 bridgehead atoms. The molecule has 4 nitrogen and oxygen atoms in total. The normalized spacial score (nSPS) is 11.4. The fraction of sp³-hybridized carbons (Fsp3) is 0.167. The van der Waals surface area contributed by atoms with Crippen LogP contribution >= 0.6 is 0 Å². The molecule has 0 aromatic carbocycles. The molecule has 0 aliphatic carbocycles. The standard InChI is InChI=1S/C6H7NO3S/c8-11(9,10)5-6-3-1-2-4-7-6/h1-4H,5H2,(H,8,9,10)/p-1. The Morgan fingerprint density at radius 3 is 2.64 bits per heavy atom. The van der Waals surface area contributed by atoms with Crippen LogP contribution in [0.2, 0.25) is 0 Å². The highest BCUT2D eigenvalue weighted by Crippen LogP contribution is 1.98. The smallest absolute Gasteiger partial charge is 0.100 e. The second-order valence-corrected chi connectivity index (χ2v) is 3.43. The topological polar surface area (TPSA) is 70.1 Å². The summed E-state index contributed by atoms with van der Waals surface area (Å²) in [5, 5.41) is 0. The van der Waals surface area contributed by atoms with Crippen LogP contribution in [0.1, 0.15) is 5.69 Å². The number of nitrogens with zero attached hydrogens (tertiary/aromatic N) is 1. The second-order valence-electron chi connectivity index (χ2n) is 2.02. The summed E-state index contributed by atoms with van der Waals surface area (Å²) in [7, 11) is -4.19. The van der Waals surface area contributed by atoms with Gasteiger partial charge in [0.1, 0.15) is 10.1 Å². The lowest BCUT2D eigenvalue weighted by atomic mass is 10.4. The van der Waals surface area contributed by atoms with E-state index >= 15 is 0 Å². The number of hydrogen-bond acceptors (Lipinski definition) is 4. The van der Waals surface area contributed by atoms with Crippen molar-refractivity contribution in [1.29, 1.82) is 0 Å². The summed E-state index contributed by atoms with van der Waals surface area (Å²) >= 11 is 0. The van der Waals surface area contributed by atoms with E-state index in [-0.39, 0.29) is 5.69 Å². The molecule has 0 saturated heterocycles. The monoisotopic (exact) mass is 172 g/mol. The fourth-order valence-electron chi connectivity index (χ4n) is 0.665. The lowest BCUT2D eigenvalue weighted by Crippen LogP contribution is -2.03. The van der Waals surface area contributed by atoms with Gasteiger partial charge in [-0.05, 0) is 12.1 Å². The van der Waals surface area contributed by atoms with Gasteiger partial charge in [0, 0.05) is 6.20 Å². The maximum Gasteiger partial charge on any atom is 0.100 e. The van der Waals surface area contributed by atoms with E-state index < -0.39 is 15.9 Å². The molecule has 1 aromatic heterocycles. The Morgan fingerprint density at radius 2 is 2.18 bits per heavy atom. The zero-order valence-corrected chi connectivity index (χ0v) is 6.41. The summed E-state index contributed by atoms with van der Waals surface area (Å²) in [6.45, 7) is 0. The van der Waals surface area contributed by atoms with Crippen molar-refractivity contribution in [2.45, 2.75) is 5.75 Å². The van der Waals surface area contributed by atoms with Gasteiger partial charge in [-0.2, -0.15) is 0 Å². The van der Waals surface area contributed by atoms with E-state index in [1.165, 1.54) is 12.3 Å². The molecule has 0 unspecified atom stereocenters. The first-order valence-electron chi connectivity index (χ1n) is 2.91. The molecule has 1 aromatic rings. The van der Waals surface area contributed by atoms with Gasteiger partial charge in [-0.15, -0.1) is 0 Å². The van der Waals surface area contributed by atoms with E-state index in [4.69, 9.17) is 0 Å². The third-order valence-electron chi connectivity index (χ3n) is 1.05. The predicted octanol–water partition coefficient (Wildman–Crippen LogP) is 0.127. The molecular weight excluding hydrogens is 166 g/mol. The van der Waals surface area contributed by atoms with Gasteiger partial charge in [0.05, 0.1) is 11.4 Å². The van der Waals surface area contributed by atoms with Crippen LogP contribution in [-0.2, 0) is 15.9 Å². The Kier molecular flexibility index (Phi) is 2.21. The van der Waals surface area contributed by atoms with Crippen LogP contribution in [0.5, 0.6) is 0 Å². The van der Waals surface area contributed by atoms with Gasteiger partial charge < -0.3 is 4.55 Å². The Hall–Kier alpha value is -0.940. The van der Waals surface area contributed by atoms with Crippen LogP contribution in [0.3, 0.4) is 0 Å². The Balaban J connectivity index is 2.82. The van der Waals surface area contributed by atoms with Crippen molar-refractivity contribution in [2.24, 2.45) is 0 Å². The molecular formula is C6H6NO3S-. The highest BCUT2D eigenvalue weighted by Gasteiger charge is 1.97. The van der Waals surface area contributed by atoms with Crippen molar-refractivity contribution in [2.75, 3.05) is 0 Å². The largest absolute Gasteiger partial charge is 0.748 e. The van der Waals surface area contributed by atoms with E-state index in [2.05, 4.69) is 4.98 Å². The predicted molar refractivity (Wildman–Crippen MR) is 37.6 cm³/mol. The van der Waals surface area contributed by atoms with Crippen LogP contribution in [0.25, 0.3) is 0 Å². The van der Waals surface area contributed by atoms with Gasteiger partial charge in [-0.3, -0.25) is 4.98 Å². The minimum absolute atomic E-state index is 0.280. The van der Waals surface area contributed by atoms with Crippen molar-refractivity contribution in [1.82, 2.24) is 4.98 Å². The summed E-state index contributed by atoms with van der Waals surface area (Å²) in [5.74, 6) is -0.534. The number of rotatable bonds is 2. The maximum absolute atomic E-state index is 10.2. The quantitative estimate of drug-likeness (QED) is 0.594. The molecule has 0 aliphatic heterocycles. The van der Waals surface area contributed by atoms with Gasteiger partial charge in [0.25, 0.3) is 0 Å². The average molecular weight is 172 g/mol. The molecule has 1 rings (SSSR count). The molecule has 1 heterocycles. The molecule has 0 atom stereocenters. The molecule has 5 heteroatoms. The van der Waals surface area contributed by atoms with Crippen molar-refractivity contribution in [3.8, 4) is 0 Å². The molecule has 0 fully saturated rings. The molecule has 0 aliphatic rings. The summed E-state index contributed by atoms with van der Waals surface area (Å²) in [5.41, 5.74) is 0.280. The van der Waals surface area contributed by atoms with Gasteiger partial charge in [-0.25, -0.2) is 8.42 Å². The first-order valence-corrected chi connectivity index (χ1v) is 4.49. The molecule has 0 N–H and O–H groups in total. The van der Waals surface area contributed by atoms with E-state index in [1.54, 1.807) is 12.1 Å². The van der Waals surface area contributed by atoms with Crippen LogP contribution in [0, 0.1) is 0 Å². The average Bonchev–Trinajstić information content (AvgIpc) is 1.85. The summed E-state index contributed by atoms with van der Waals surface area (Å²) < 4.78 is 30.6. The lowest BCUT2D eigenvalue weighted by molar-refractivity contribution is 0.461. The number of aromatic nitrogens is 1. The Bertz CT molecular complexity index is 319.